The van der Waals surface area contributed by atoms with Gasteiger partial charge in [0.1, 0.15) is 11.6 Å². The summed E-state index contributed by atoms with van der Waals surface area (Å²) in [5, 5.41) is 3.92. The summed E-state index contributed by atoms with van der Waals surface area (Å²) in [6.07, 6.45) is 2.08. The van der Waals surface area contributed by atoms with Gasteiger partial charge in [0.2, 0.25) is 5.91 Å². The van der Waals surface area contributed by atoms with Crippen LogP contribution in [0.5, 0.6) is 0 Å². The van der Waals surface area contributed by atoms with Gasteiger partial charge in [-0.25, -0.2) is 9.97 Å². The zero-order valence-corrected chi connectivity index (χ0v) is 13.5. The van der Waals surface area contributed by atoms with Crippen molar-refractivity contribution in [3.8, 4) is 0 Å². The molecule has 0 bridgehead atoms. The first-order valence-electron chi connectivity index (χ1n) is 6.74. The van der Waals surface area contributed by atoms with Crippen LogP contribution in [0.25, 0.3) is 0 Å². The molecule has 0 unspecified atom stereocenters. The lowest BCUT2D eigenvalue weighted by atomic mass is 10.0. The predicted octanol–water partition coefficient (Wildman–Crippen LogP) is 2.86. The summed E-state index contributed by atoms with van der Waals surface area (Å²) in [6.45, 7) is 2.07. The lowest BCUT2D eigenvalue weighted by Gasteiger charge is -2.13. The van der Waals surface area contributed by atoms with Crippen molar-refractivity contribution in [2.24, 2.45) is 5.92 Å². The van der Waals surface area contributed by atoms with E-state index < -0.39 is 0 Å². The van der Waals surface area contributed by atoms with Crippen LogP contribution >= 0.6 is 23.2 Å². The number of nitrogens with two attached hydrogens (primary N) is 1. The van der Waals surface area contributed by atoms with Gasteiger partial charge < -0.3 is 11.1 Å². The zero-order valence-electron chi connectivity index (χ0n) is 12.0. The van der Waals surface area contributed by atoms with E-state index in [1.165, 1.54) is 0 Å². The number of nitrogen functional groups attached to an aromatic ring is 1. The van der Waals surface area contributed by atoms with Gasteiger partial charge in [-0.1, -0.05) is 36.2 Å². The highest BCUT2D eigenvalue weighted by molar-refractivity contribution is 6.35. The molecule has 0 saturated heterocycles. The number of carbonyl (C=O) groups excluding carboxylic acids is 1. The second-order valence-corrected chi connectivity index (χ2v) is 5.80. The number of aromatic nitrogens is 2. The quantitative estimate of drug-likeness (QED) is 0.878. The molecule has 0 aliphatic carbocycles. The van der Waals surface area contributed by atoms with E-state index >= 15 is 0 Å². The van der Waals surface area contributed by atoms with Gasteiger partial charge in [-0.15, -0.1) is 0 Å². The molecule has 2 aromatic rings. The first-order valence-corrected chi connectivity index (χ1v) is 7.50. The number of benzene rings is 1. The van der Waals surface area contributed by atoms with Crippen LogP contribution in [0.1, 0.15) is 18.3 Å². The Kier molecular flexibility index (Phi) is 5.57. The van der Waals surface area contributed by atoms with Crippen LogP contribution in [0, 0.1) is 5.92 Å². The Morgan fingerprint density at radius 1 is 1.36 bits per heavy atom. The molecule has 1 atom stereocenters. The highest BCUT2D eigenvalue weighted by Crippen LogP contribution is 2.23. The molecule has 0 radical (unpaired) electrons. The molecule has 1 amide bonds. The number of nitrogens with zero attached hydrogens (tertiary/aromatic N) is 2. The number of halogens is 2. The molecule has 0 aliphatic heterocycles. The van der Waals surface area contributed by atoms with Crippen molar-refractivity contribution < 1.29 is 4.79 Å². The fraction of sp³-hybridized carbons (Fsp3) is 0.267. The van der Waals surface area contributed by atoms with Crippen molar-refractivity contribution >= 4 is 34.9 Å². The topological polar surface area (TPSA) is 80.9 Å². The van der Waals surface area contributed by atoms with Gasteiger partial charge in [-0.2, -0.15) is 0 Å². The normalized spacial score (nSPS) is 12.0. The number of amides is 1. The van der Waals surface area contributed by atoms with E-state index in [1.807, 2.05) is 13.0 Å². The van der Waals surface area contributed by atoms with E-state index in [-0.39, 0.29) is 18.4 Å². The SMILES string of the molecule is C[C@H](Cc1ccc(Cl)cc1Cl)C(=O)NCc1nccc(N)n1. The predicted molar refractivity (Wildman–Crippen MR) is 87.6 cm³/mol. The summed E-state index contributed by atoms with van der Waals surface area (Å²) in [4.78, 5) is 20.2. The summed E-state index contributed by atoms with van der Waals surface area (Å²) >= 11 is 12.0. The highest BCUT2D eigenvalue weighted by atomic mass is 35.5. The molecular formula is C15H16Cl2N4O. The molecule has 1 heterocycles. The smallest absolute Gasteiger partial charge is 0.223 e. The molecular weight excluding hydrogens is 323 g/mol. The molecule has 0 spiro atoms. The Bertz CT molecular complexity index is 678. The highest BCUT2D eigenvalue weighted by Gasteiger charge is 2.15. The van der Waals surface area contributed by atoms with E-state index in [4.69, 9.17) is 28.9 Å². The van der Waals surface area contributed by atoms with Crippen molar-refractivity contribution in [1.82, 2.24) is 15.3 Å². The number of nitrogens with one attached hydrogen (secondary N) is 1. The minimum atomic E-state index is -0.236. The number of hydrogen-bond acceptors (Lipinski definition) is 4. The van der Waals surface area contributed by atoms with Gasteiger partial charge >= 0.3 is 0 Å². The molecule has 116 valence electrons. The van der Waals surface area contributed by atoms with E-state index in [0.29, 0.717) is 28.1 Å². The fourth-order valence-electron chi connectivity index (χ4n) is 1.95. The van der Waals surface area contributed by atoms with E-state index in [1.54, 1.807) is 24.4 Å². The molecule has 1 aromatic heterocycles. The summed E-state index contributed by atoms with van der Waals surface area (Å²) in [5.74, 6) is 0.516. The average molecular weight is 339 g/mol. The van der Waals surface area contributed by atoms with Crippen LogP contribution in [-0.4, -0.2) is 15.9 Å². The largest absolute Gasteiger partial charge is 0.384 e. The second kappa shape index (κ2) is 7.42. The molecule has 2 rings (SSSR count). The summed E-state index contributed by atoms with van der Waals surface area (Å²) in [6, 6.07) is 6.85. The Balaban J connectivity index is 1.92. The zero-order chi connectivity index (χ0) is 16.1. The van der Waals surface area contributed by atoms with Crippen LogP contribution < -0.4 is 11.1 Å². The van der Waals surface area contributed by atoms with E-state index in [0.717, 1.165) is 5.56 Å². The van der Waals surface area contributed by atoms with Gasteiger partial charge in [0.25, 0.3) is 0 Å². The second-order valence-electron chi connectivity index (χ2n) is 4.96. The maximum absolute atomic E-state index is 12.1. The van der Waals surface area contributed by atoms with Gasteiger partial charge in [0, 0.05) is 22.2 Å². The lowest BCUT2D eigenvalue weighted by Crippen LogP contribution is -2.30. The van der Waals surface area contributed by atoms with Crippen molar-refractivity contribution in [1.29, 1.82) is 0 Å². The van der Waals surface area contributed by atoms with Crippen molar-refractivity contribution in [3.63, 3.8) is 0 Å². The first kappa shape index (κ1) is 16.5. The Morgan fingerprint density at radius 2 is 2.14 bits per heavy atom. The van der Waals surface area contributed by atoms with Crippen LogP contribution in [-0.2, 0) is 17.8 Å². The molecule has 22 heavy (non-hydrogen) atoms. The fourth-order valence-corrected chi connectivity index (χ4v) is 2.44. The summed E-state index contributed by atoms with van der Waals surface area (Å²) < 4.78 is 0. The van der Waals surface area contributed by atoms with Crippen LogP contribution in [0.2, 0.25) is 10.0 Å². The molecule has 5 nitrogen and oxygen atoms in total. The maximum atomic E-state index is 12.1. The third-order valence-electron chi connectivity index (χ3n) is 3.14. The molecule has 1 aromatic carbocycles. The van der Waals surface area contributed by atoms with Crippen molar-refractivity contribution in [3.05, 3.63) is 51.9 Å². The van der Waals surface area contributed by atoms with Gasteiger partial charge in [0.15, 0.2) is 0 Å². The van der Waals surface area contributed by atoms with Crippen molar-refractivity contribution in [2.45, 2.75) is 19.9 Å². The van der Waals surface area contributed by atoms with E-state index in [2.05, 4.69) is 15.3 Å². The summed E-state index contributed by atoms with van der Waals surface area (Å²) in [5.41, 5.74) is 6.45. The molecule has 0 aliphatic rings. The monoisotopic (exact) mass is 338 g/mol. The number of hydrogen-bond donors (Lipinski definition) is 2. The van der Waals surface area contributed by atoms with E-state index in [9.17, 15) is 4.79 Å². The third-order valence-corrected chi connectivity index (χ3v) is 3.72. The number of carbonyl (C=O) groups is 1. The van der Waals surface area contributed by atoms with Gasteiger partial charge in [-0.05, 0) is 30.2 Å². The molecule has 0 saturated carbocycles. The van der Waals surface area contributed by atoms with Crippen LogP contribution in [0.15, 0.2) is 30.5 Å². The maximum Gasteiger partial charge on any atom is 0.223 e. The minimum absolute atomic E-state index is 0.1000. The Hall–Kier alpha value is -1.85. The number of anilines is 1. The lowest BCUT2D eigenvalue weighted by molar-refractivity contribution is -0.124. The minimum Gasteiger partial charge on any atom is -0.384 e. The molecule has 0 fully saturated rings. The number of rotatable bonds is 5. The average Bonchev–Trinajstić information content (AvgIpc) is 2.47. The standard InChI is InChI=1S/C15H16Cl2N4O/c1-9(6-10-2-3-11(16)7-12(10)17)15(22)20-8-14-19-5-4-13(18)21-14/h2-5,7,9H,6,8H2,1H3,(H,20,22)(H2,18,19,21)/t9-/m1/s1. The van der Waals surface area contributed by atoms with Gasteiger partial charge in [-0.3, -0.25) is 4.79 Å². The first-order chi connectivity index (χ1) is 10.5. The van der Waals surface area contributed by atoms with Crippen LogP contribution in [0.3, 0.4) is 0 Å². The Labute approximate surface area is 138 Å². The summed E-state index contributed by atoms with van der Waals surface area (Å²) in [7, 11) is 0. The molecule has 3 N–H and O–H groups in total. The third kappa shape index (κ3) is 4.58. The Morgan fingerprint density at radius 3 is 2.82 bits per heavy atom. The van der Waals surface area contributed by atoms with Gasteiger partial charge in [0.05, 0.1) is 6.54 Å². The van der Waals surface area contributed by atoms with Crippen molar-refractivity contribution in [2.75, 3.05) is 5.73 Å². The molecule has 7 heteroatoms. The van der Waals surface area contributed by atoms with Crippen LogP contribution in [0.4, 0.5) is 5.82 Å².